The Morgan fingerprint density at radius 1 is 1.09 bits per heavy atom. The van der Waals surface area contributed by atoms with Gasteiger partial charge in [-0.05, 0) is 52.3 Å². The van der Waals surface area contributed by atoms with E-state index in [0.717, 1.165) is 48.2 Å². The van der Waals surface area contributed by atoms with Crippen LogP contribution in [0.4, 0.5) is 0 Å². The molecule has 0 aliphatic heterocycles. The third-order valence-corrected chi connectivity index (χ3v) is 4.21. The average molecular weight is 313 g/mol. The van der Waals surface area contributed by atoms with Crippen LogP contribution in [-0.2, 0) is 0 Å². The standard InChI is InChI=1S/C19H27N3O/c1-6-7-8-11-22(13(2)3)19(23)16-9-10-17-18(12-16)21-15(5)14(4)20-17/h9-10,12-13H,6-8,11H2,1-5H3. The van der Waals surface area contributed by atoms with Gasteiger partial charge in [-0.1, -0.05) is 19.8 Å². The van der Waals surface area contributed by atoms with Crippen LogP contribution in [0.2, 0.25) is 0 Å². The fourth-order valence-electron chi connectivity index (χ4n) is 2.66. The molecule has 1 heterocycles. The van der Waals surface area contributed by atoms with Gasteiger partial charge in [0, 0.05) is 18.2 Å². The molecule has 2 aromatic rings. The highest BCUT2D eigenvalue weighted by Crippen LogP contribution is 2.17. The summed E-state index contributed by atoms with van der Waals surface area (Å²) in [6.07, 6.45) is 3.36. The number of hydrogen-bond acceptors (Lipinski definition) is 3. The highest BCUT2D eigenvalue weighted by molar-refractivity contribution is 5.97. The third kappa shape index (κ3) is 4.06. The molecule has 4 nitrogen and oxygen atoms in total. The van der Waals surface area contributed by atoms with Crippen LogP contribution in [-0.4, -0.2) is 33.4 Å². The first-order valence-electron chi connectivity index (χ1n) is 8.50. The Morgan fingerprint density at radius 2 is 1.74 bits per heavy atom. The minimum Gasteiger partial charge on any atom is -0.336 e. The molecular weight excluding hydrogens is 286 g/mol. The maximum Gasteiger partial charge on any atom is 0.254 e. The highest BCUT2D eigenvalue weighted by Gasteiger charge is 2.19. The predicted molar refractivity (Wildman–Crippen MR) is 94.7 cm³/mol. The molecule has 0 N–H and O–H groups in total. The van der Waals surface area contributed by atoms with E-state index in [1.54, 1.807) is 0 Å². The van der Waals surface area contributed by atoms with Crippen LogP contribution >= 0.6 is 0 Å². The summed E-state index contributed by atoms with van der Waals surface area (Å²) >= 11 is 0. The Labute approximate surface area is 138 Å². The molecule has 0 saturated heterocycles. The topological polar surface area (TPSA) is 46.1 Å². The lowest BCUT2D eigenvalue weighted by atomic mass is 10.1. The molecule has 0 bridgehead atoms. The number of carbonyl (C=O) groups excluding carboxylic acids is 1. The van der Waals surface area contributed by atoms with E-state index in [9.17, 15) is 4.79 Å². The van der Waals surface area contributed by atoms with Gasteiger partial charge in [0.2, 0.25) is 0 Å². The molecule has 0 saturated carbocycles. The van der Waals surface area contributed by atoms with Crippen molar-refractivity contribution in [2.45, 2.75) is 59.9 Å². The molecule has 1 aromatic heterocycles. The first-order chi connectivity index (χ1) is 10.9. The minimum absolute atomic E-state index is 0.0815. The van der Waals surface area contributed by atoms with Crippen molar-refractivity contribution in [3.8, 4) is 0 Å². The van der Waals surface area contributed by atoms with E-state index in [1.807, 2.05) is 36.9 Å². The van der Waals surface area contributed by atoms with E-state index in [-0.39, 0.29) is 11.9 Å². The predicted octanol–water partition coefficient (Wildman–Crippen LogP) is 4.29. The first kappa shape index (κ1) is 17.4. The van der Waals surface area contributed by atoms with Gasteiger partial charge in [-0.3, -0.25) is 4.79 Å². The van der Waals surface area contributed by atoms with E-state index < -0.39 is 0 Å². The van der Waals surface area contributed by atoms with Gasteiger partial charge in [0.15, 0.2) is 0 Å². The van der Waals surface area contributed by atoms with Crippen LogP contribution in [0.1, 0.15) is 61.8 Å². The Bertz CT molecular complexity index is 694. The lowest BCUT2D eigenvalue weighted by molar-refractivity contribution is 0.0702. The SMILES string of the molecule is CCCCCN(C(=O)c1ccc2nc(C)c(C)nc2c1)C(C)C. The number of rotatable bonds is 6. The Kier molecular flexibility index (Phi) is 5.69. The van der Waals surface area contributed by atoms with Crippen LogP contribution in [0.25, 0.3) is 11.0 Å². The van der Waals surface area contributed by atoms with E-state index in [0.29, 0.717) is 5.56 Å². The van der Waals surface area contributed by atoms with Crippen molar-refractivity contribution in [1.82, 2.24) is 14.9 Å². The summed E-state index contributed by atoms with van der Waals surface area (Å²) in [5, 5.41) is 0. The van der Waals surface area contributed by atoms with Crippen molar-refractivity contribution in [3.05, 3.63) is 35.2 Å². The quantitative estimate of drug-likeness (QED) is 0.747. The second kappa shape index (κ2) is 7.53. The van der Waals surface area contributed by atoms with Gasteiger partial charge in [0.25, 0.3) is 5.91 Å². The molecule has 1 aromatic carbocycles. The lowest BCUT2D eigenvalue weighted by Gasteiger charge is -2.27. The number of fused-ring (bicyclic) bond motifs is 1. The van der Waals surface area contributed by atoms with Gasteiger partial charge in [-0.25, -0.2) is 9.97 Å². The zero-order valence-electron chi connectivity index (χ0n) is 14.9. The van der Waals surface area contributed by atoms with Gasteiger partial charge in [-0.15, -0.1) is 0 Å². The highest BCUT2D eigenvalue weighted by atomic mass is 16.2. The van der Waals surface area contributed by atoms with Crippen LogP contribution < -0.4 is 0 Å². The van der Waals surface area contributed by atoms with Crippen molar-refractivity contribution < 1.29 is 4.79 Å². The Morgan fingerprint density at radius 3 is 2.35 bits per heavy atom. The first-order valence-corrected chi connectivity index (χ1v) is 8.50. The molecule has 0 unspecified atom stereocenters. The summed E-state index contributed by atoms with van der Waals surface area (Å²) in [6.45, 7) is 11.0. The Balaban J connectivity index is 2.29. The fraction of sp³-hybridized carbons (Fsp3) is 0.526. The normalized spacial score (nSPS) is 11.2. The number of amides is 1. The Hall–Kier alpha value is -1.97. The monoisotopic (exact) mass is 313 g/mol. The molecule has 124 valence electrons. The molecule has 0 spiro atoms. The van der Waals surface area contributed by atoms with Crippen LogP contribution in [0.15, 0.2) is 18.2 Å². The number of nitrogens with zero attached hydrogens (tertiary/aromatic N) is 3. The zero-order chi connectivity index (χ0) is 17.0. The molecule has 4 heteroatoms. The van der Waals surface area contributed by atoms with E-state index in [1.165, 1.54) is 0 Å². The van der Waals surface area contributed by atoms with Gasteiger partial charge in [0.1, 0.15) is 0 Å². The van der Waals surface area contributed by atoms with E-state index in [4.69, 9.17) is 0 Å². The third-order valence-electron chi connectivity index (χ3n) is 4.21. The number of unbranched alkanes of at least 4 members (excludes halogenated alkanes) is 2. The minimum atomic E-state index is 0.0815. The smallest absolute Gasteiger partial charge is 0.254 e. The summed E-state index contributed by atoms with van der Waals surface area (Å²) in [5.41, 5.74) is 4.16. The molecule has 2 rings (SSSR count). The van der Waals surface area contributed by atoms with Crippen LogP contribution in [0.3, 0.4) is 0 Å². The van der Waals surface area contributed by atoms with Crippen molar-refractivity contribution in [3.63, 3.8) is 0 Å². The molecule has 1 amide bonds. The summed E-state index contributed by atoms with van der Waals surface area (Å²) in [6, 6.07) is 5.82. The van der Waals surface area contributed by atoms with Crippen LogP contribution in [0, 0.1) is 13.8 Å². The maximum atomic E-state index is 12.9. The maximum absolute atomic E-state index is 12.9. The second-order valence-corrected chi connectivity index (χ2v) is 6.40. The molecule has 0 radical (unpaired) electrons. The lowest BCUT2D eigenvalue weighted by Crippen LogP contribution is -2.37. The van der Waals surface area contributed by atoms with Crippen molar-refractivity contribution in [1.29, 1.82) is 0 Å². The average Bonchev–Trinajstić information content (AvgIpc) is 2.51. The molecule has 0 aliphatic carbocycles. The number of hydrogen-bond donors (Lipinski definition) is 0. The fourth-order valence-corrected chi connectivity index (χ4v) is 2.66. The number of carbonyl (C=O) groups is 1. The summed E-state index contributed by atoms with van der Waals surface area (Å²) in [7, 11) is 0. The summed E-state index contributed by atoms with van der Waals surface area (Å²) in [5.74, 6) is 0.0815. The summed E-state index contributed by atoms with van der Waals surface area (Å²) < 4.78 is 0. The number of benzene rings is 1. The second-order valence-electron chi connectivity index (χ2n) is 6.40. The van der Waals surface area contributed by atoms with Gasteiger partial charge >= 0.3 is 0 Å². The van der Waals surface area contributed by atoms with Gasteiger partial charge < -0.3 is 4.90 Å². The molecule has 0 atom stereocenters. The van der Waals surface area contributed by atoms with E-state index >= 15 is 0 Å². The van der Waals surface area contributed by atoms with Crippen molar-refractivity contribution in [2.24, 2.45) is 0 Å². The largest absolute Gasteiger partial charge is 0.336 e. The van der Waals surface area contributed by atoms with Gasteiger partial charge in [0.05, 0.1) is 22.4 Å². The molecule has 0 fully saturated rings. The molecule has 0 aliphatic rings. The molecular formula is C19H27N3O. The van der Waals surface area contributed by atoms with E-state index in [2.05, 4.69) is 30.7 Å². The van der Waals surface area contributed by atoms with Crippen molar-refractivity contribution >= 4 is 16.9 Å². The number of aromatic nitrogens is 2. The zero-order valence-corrected chi connectivity index (χ0v) is 14.9. The van der Waals surface area contributed by atoms with Crippen molar-refractivity contribution in [2.75, 3.05) is 6.54 Å². The van der Waals surface area contributed by atoms with Gasteiger partial charge in [-0.2, -0.15) is 0 Å². The summed E-state index contributed by atoms with van der Waals surface area (Å²) in [4.78, 5) is 23.9. The number of aryl methyl sites for hydroxylation is 2. The molecule has 23 heavy (non-hydrogen) atoms. The van der Waals surface area contributed by atoms with Crippen LogP contribution in [0.5, 0.6) is 0 Å².